The summed E-state index contributed by atoms with van der Waals surface area (Å²) >= 11 is 0. The monoisotopic (exact) mass is 120 g/mol. The van der Waals surface area contributed by atoms with Crippen LogP contribution in [0.2, 0.25) is 0 Å². The van der Waals surface area contributed by atoms with Gasteiger partial charge in [-0.3, -0.25) is 4.89 Å². The van der Waals surface area contributed by atoms with Gasteiger partial charge in [0.25, 0.3) is 0 Å². The zero-order valence-electron chi connectivity index (χ0n) is 3.75. The molecule has 0 heterocycles. The molecule has 0 rings (SSSR count). The highest BCUT2D eigenvalue weighted by atomic mass is 17.1. The number of rotatable bonds is 0. The van der Waals surface area contributed by atoms with Crippen LogP contribution in [0.4, 0.5) is 9.59 Å². The first-order chi connectivity index (χ1) is 3.66. The molecule has 0 fully saturated rings. The Morgan fingerprint density at radius 2 is 2.12 bits per heavy atom. The summed E-state index contributed by atoms with van der Waals surface area (Å²) < 4.78 is 0. The van der Waals surface area contributed by atoms with Crippen molar-refractivity contribution >= 4 is 12.1 Å². The Bertz CT molecular complexity index is 111. The fourth-order valence-electron chi connectivity index (χ4n) is 0.123. The van der Waals surface area contributed by atoms with Crippen molar-refractivity contribution < 1.29 is 19.7 Å². The molecular formula is C2H4N2O4. The molecule has 0 aromatic heterocycles. The van der Waals surface area contributed by atoms with Crippen LogP contribution in [0.3, 0.4) is 0 Å². The molecule has 0 aliphatic carbocycles. The number of nitrogens with one attached hydrogen (secondary N) is 1. The van der Waals surface area contributed by atoms with E-state index in [1.807, 2.05) is 0 Å². The summed E-state index contributed by atoms with van der Waals surface area (Å²) in [5.74, 6) is 0. The number of urea groups is 1. The third-order valence-corrected chi connectivity index (χ3v) is 0.308. The maximum Gasteiger partial charge on any atom is 0.446 e. The molecule has 0 saturated carbocycles. The van der Waals surface area contributed by atoms with Gasteiger partial charge in [0.2, 0.25) is 0 Å². The van der Waals surface area contributed by atoms with E-state index in [0.29, 0.717) is 0 Å². The molecule has 3 amide bonds. The first kappa shape index (κ1) is 6.70. The first-order valence-corrected chi connectivity index (χ1v) is 1.58. The molecule has 6 heteroatoms. The van der Waals surface area contributed by atoms with Crippen LogP contribution >= 0.6 is 0 Å². The Kier molecular flexibility index (Phi) is 2.35. The number of imide groups is 1. The summed E-state index contributed by atoms with van der Waals surface area (Å²) in [7, 11) is 0. The zero-order chi connectivity index (χ0) is 6.57. The smallest absolute Gasteiger partial charge is 0.351 e. The molecule has 6 nitrogen and oxygen atoms in total. The van der Waals surface area contributed by atoms with Crippen LogP contribution in [0.1, 0.15) is 0 Å². The van der Waals surface area contributed by atoms with E-state index in [1.54, 1.807) is 0 Å². The lowest BCUT2D eigenvalue weighted by Gasteiger charge is -1.91. The second-order valence-corrected chi connectivity index (χ2v) is 0.868. The highest BCUT2D eigenvalue weighted by Crippen LogP contribution is 1.66. The van der Waals surface area contributed by atoms with Gasteiger partial charge in [0.1, 0.15) is 0 Å². The molecule has 0 spiro atoms. The highest BCUT2D eigenvalue weighted by molar-refractivity contribution is 5.89. The van der Waals surface area contributed by atoms with E-state index < -0.39 is 12.1 Å². The van der Waals surface area contributed by atoms with Gasteiger partial charge >= 0.3 is 12.1 Å². The zero-order valence-corrected chi connectivity index (χ0v) is 3.75. The van der Waals surface area contributed by atoms with Crippen LogP contribution in [-0.2, 0) is 4.89 Å². The van der Waals surface area contributed by atoms with Gasteiger partial charge in [-0.2, -0.15) is 5.26 Å². The Hall–Kier alpha value is -1.30. The molecule has 0 unspecified atom stereocenters. The Morgan fingerprint density at radius 1 is 1.62 bits per heavy atom. The van der Waals surface area contributed by atoms with Crippen LogP contribution in [0.25, 0.3) is 0 Å². The maximum absolute atomic E-state index is 9.74. The van der Waals surface area contributed by atoms with Crippen molar-refractivity contribution in [3.8, 4) is 0 Å². The van der Waals surface area contributed by atoms with Gasteiger partial charge in [0.05, 0.1) is 0 Å². The van der Waals surface area contributed by atoms with Crippen LogP contribution in [0, 0.1) is 0 Å². The molecule has 4 N–H and O–H groups in total. The van der Waals surface area contributed by atoms with Crippen LogP contribution < -0.4 is 11.1 Å². The molecule has 0 aliphatic rings. The Morgan fingerprint density at radius 3 is 2.25 bits per heavy atom. The van der Waals surface area contributed by atoms with E-state index in [2.05, 4.69) is 10.6 Å². The second kappa shape index (κ2) is 2.80. The van der Waals surface area contributed by atoms with Crippen molar-refractivity contribution in [3.63, 3.8) is 0 Å². The average molecular weight is 120 g/mol. The molecule has 46 valence electrons. The van der Waals surface area contributed by atoms with Gasteiger partial charge in [-0.15, -0.1) is 0 Å². The number of hydrogen-bond donors (Lipinski definition) is 3. The molecule has 0 saturated heterocycles. The number of nitrogens with two attached hydrogens (primary N) is 1. The van der Waals surface area contributed by atoms with Gasteiger partial charge in [-0.05, 0) is 0 Å². The molecule has 0 bridgehead atoms. The lowest BCUT2D eigenvalue weighted by atomic mass is 11.0. The van der Waals surface area contributed by atoms with Crippen LogP contribution in [0.5, 0.6) is 0 Å². The molecule has 8 heavy (non-hydrogen) atoms. The average Bonchev–Trinajstić information content (AvgIpc) is 1.65. The van der Waals surface area contributed by atoms with Crippen molar-refractivity contribution in [3.05, 3.63) is 0 Å². The fourth-order valence-corrected chi connectivity index (χ4v) is 0.123. The number of amides is 3. The second-order valence-electron chi connectivity index (χ2n) is 0.868. The molecular weight excluding hydrogens is 116 g/mol. The first-order valence-electron chi connectivity index (χ1n) is 1.58. The largest absolute Gasteiger partial charge is 0.446 e. The summed E-state index contributed by atoms with van der Waals surface area (Å²) in [6.45, 7) is 0. The quantitative estimate of drug-likeness (QED) is 0.289. The summed E-state index contributed by atoms with van der Waals surface area (Å²) in [6.07, 6.45) is -1.29. The summed E-state index contributed by atoms with van der Waals surface area (Å²) in [6, 6.07) is -1.08. The van der Waals surface area contributed by atoms with E-state index >= 15 is 0 Å². The van der Waals surface area contributed by atoms with E-state index in [-0.39, 0.29) is 0 Å². The lowest BCUT2D eigenvalue weighted by molar-refractivity contribution is -0.176. The summed E-state index contributed by atoms with van der Waals surface area (Å²) in [5, 5.41) is 8.88. The molecule has 0 aromatic rings. The predicted octanol–water partition coefficient (Wildman–Crippen LogP) is -0.736. The van der Waals surface area contributed by atoms with Crippen LogP contribution in [0.15, 0.2) is 0 Å². The molecule has 0 radical (unpaired) electrons. The predicted molar refractivity (Wildman–Crippen MR) is 21.8 cm³/mol. The van der Waals surface area contributed by atoms with E-state index in [9.17, 15) is 9.59 Å². The summed E-state index contributed by atoms with van der Waals surface area (Å²) in [5.41, 5.74) is 4.41. The van der Waals surface area contributed by atoms with E-state index in [1.165, 1.54) is 5.32 Å². The van der Waals surface area contributed by atoms with Gasteiger partial charge in [-0.1, -0.05) is 0 Å². The summed E-state index contributed by atoms with van der Waals surface area (Å²) in [4.78, 5) is 22.4. The number of hydrogen-bond acceptors (Lipinski definition) is 4. The van der Waals surface area contributed by atoms with Crippen molar-refractivity contribution in [2.24, 2.45) is 5.73 Å². The van der Waals surface area contributed by atoms with Gasteiger partial charge in [0, 0.05) is 0 Å². The molecule has 0 aliphatic heterocycles. The van der Waals surface area contributed by atoms with Crippen molar-refractivity contribution in [1.29, 1.82) is 0 Å². The maximum atomic E-state index is 9.74. The Balaban J connectivity index is 3.40. The fraction of sp³-hybridized carbons (Fsp3) is 0. The standard InChI is InChI=1S/C2H4N2O4/c3-1(5)4-2(6)8-7/h7H,(H3,3,4,5,6). The minimum absolute atomic E-state index is 1.08. The van der Waals surface area contributed by atoms with Gasteiger partial charge < -0.3 is 5.73 Å². The number of carbonyl (C=O) groups is 2. The minimum Gasteiger partial charge on any atom is -0.351 e. The number of carbonyl (C=O) groups excluding carboxylic acids is 2. The van der Waals surface area contributed by atoms with Crippen LogP contribution in [-0.4, -0.2) is 17.4 Å². The SMILES string of the molecule is NC(=O)NC(=O)OO. The van der Waals surface area contributed by atoms with Gasteiger partial charge in [-0.25, -0.2) is 14.9 Å². The molecule has 0 aromatic carbocycles. The Labute approximate surface area is 44.2 Å². The third kappa shape index (κ3) is 2.91. The molecule has 0 atom stereocenters. The minimum atomic E-state index is -1.29. The number of primary amides is 1. The van der Waals surface area contributed by atoms with Gasteiger partial charge in [0.15, 0.2) is 0 Å². The van der Waals surface area contributed by atoms with E-state index in [0.717, 1.165) is 0 Å². The van der Waals surface area contributed by atoms with Crippen molar-refractivity contribution in [2.45, 2.75) is 0 Å². The third-order valence-electron chi connectivity index (χ3n) is 0.308. The topological polar surface area (TPSA) is 102 Å². The van der Waals surface area contributed by atoms with Crippen molar-refractivity contribution in [2.75, 3.05) is 0 Å². The van der Waals surface area contributed by atoms with Crippen molar-refractivity contribution in [1.82, 2.24) is 5.32 Å². The van der Waals surface area contributed by atoms with E-state index in [4.69, 9.17) is 5.26 Å². The normalized spacial score (nSPS) is 7.62. The highest BCUT2D eigenvalue weighted by Gasteiger charge is 2.01. The lowest BCUT2D eigenvalue weighted by Crippen LogP contribution is -2.34.